The summed E-state index contributed by atoms with van der Waals surface area (Å²) in [5, 5.41) is -0.109. The fourth-order valence-electron chi connectivity index (χ4n) is 1.12. The lowest BCUT2D eigenvalue weighted by atomic mass is 10.4. The lowest BCUT2D eigenvalue weighted by Gasteiger charge is -1.96. The average Bonchev–Trinajstić information content (AvgIpc) is 2.66. The molecular weight excluding hydrogens is 150 g/mol. The Morgan fingerprint density at radius 1 is 1.60 bits per heavy atom. The second-order valence-electron chi connectivity index (χ2n) is 2.72. The zero-order valence-electron chi connectivity index (χ0n) is 6.08. The Balaban J connectivity index is 2.55. The molecule has 0 spiro atoms. The Morgan fingerprint density at radius 2 is 2.20 bits per heavy atom. The second-order valence-corrected chi connectivity index (χ2v) is 5.23. The highest BCUT2D eigenvalue weighted by atomic mass is 32.2. The molecule has 10 heavy (non-hydrogen) atoms. The molecule has 2 unspecified atom stereocenters. The van der Waals surface area contributed by atoms with E-state index in [2.05, 4.69) is 0 Å². The number of rotatable bonds is 3. The van der Waals surface area contributed by atoms with Gasteiger partial charge < -0.3 is 5.73 Å². The first-order valence-electron chi connectivity index (χ1n) is 3.53. The van der Waals surface area contributed by atoms with Crippen LogP contribution in [0.4, 0.5) is 0 Å². The first kappa shape index (κ1) is 8.01. The van der Waals surface area contributed by atoms with Crippen LogP contribution in [0.15, 0.2) is 0 Å². The quantitative estimate of drug-likeness (QED) is 0.625. The molecule has 0 aromatic rings. The van der Waals surface area contributed by atoms with E-state index in [0.29, 0.717) is 6.54 Å². The first-order chi connectivity index (χ1) is 4.61. The maximum atomic E-state index is 11.1. The van der Waals surface area contributed by atoms with Crippen LogP contribution in [0.25, 0.3) is 0 Å². The topological polar surface area (TPSA) is 60.2 Å². The lowest BCUT2D eigenvalue weighted by Crippen LogP contribution is -2.14. The van der Waals surface area contributed by atoms with Gasteiger partial charge in [-0.1, -0.05) is 6.92 Å². The minimum atomic E-state index is -2.77. The fourth-order valence-corrected chi connectivity index (χ4v) is 2.79. The number of sulfone groups is 1. The summed E-state index contributed by atoms with van der Waals surface area (Å²) in [4.78, 5) is 0. The molecule has 0 saturated heterocycles. The summed E-state index contributed by atoms with van der Waals surface area (Å²) in [6, 6.07) is 0. The van der Waals surface area contributed by atoms with E-state index in [1.54, 1.807) is 6.92 Å². The monoisotopic (exact) mass is 163 g/mol. The molecule has 1 aliphatic rings. The summed E-state index contributed by atoms with van der Waals surface area (Å²) < 4.78 is 22.2. The summed E-state index contributed by atoms with van der Waals surface area (Å²) >= 11 is 0. The summed E-state index contributed by atoms with van der Waals surface area (Å²) in [6.07, 6.45) is 0.784. The van der Waals surface area contributed by atoms with Gasteiger partial charge in [-0.2, -0.15) is 0 Å². The van der Waals surface area contributed by atoms with Crippen LogP contribution in [-0.2, 0) is 9.84 Å². The highest BCUT2D eigenvalue weighted by molar-refractivity contribution is 7.92. The van der Waals surface area contributed by atoms with Crippen molar-refractivity contribution in [3.05, 3.63) is 0 Å². The third-order valence-corrected chi connectivity index (χ3v) is 4.33. The third kappa shape index (κ3) is 1.32. The van der Waals surface area contributed by atoms with Gasteiger partial charge in [0.25, 0.3) is 0 Å². The van der Waals surface area contributed by atoms with E-state index < -0.39 is 9.84 Å². The van der Waals surface area contributed by atoms with Gasteiger partial charge in [0, 0.05) is 5.75 Å². The minimum Gasteiger partial charge on any atom is -0.330 e. The molecule has 1 rings (SSSR count). The molecule has 0 heterocycles. The SMILES string of the molecule is CCS(=O)(=O)C1CC1CN. The van der Waals surface area contributed by atoms with Crippen LogP contribution in [0, 0.1) is 5.92 Å². The predicted molar refractivity (Wildman–Crippen MR) is 40.4 cm³/mol. The van der Waals surface area contributed by atoms with E-state index in [4.69, 9.17) is 5.73 Å². The Hall–Kier alpha value is -0.0900. The van der Waals surface area contributed by atoms with Crippen LogP contribution >= 0.6 is 0 Å². The molecule has 0 aliphatic heterocycles. The molecule has 1 fully saturated rings. The van der Waals surface area contributed by atoms with Crippen LogP contribution in [0.1, 0.15) is 13.3 Å². The van der Waals surface area contributed by atoms with Crippen molar-refractivity contribution >= 4 is 9.84 Å². The summed E-state index contributed by atoms with van der Waals surface area (Å²) in [5.74, 6) is 0.513. The van der Waals surface area contributed by atoms with E-state index in [1.807, 2.05) is 0 Å². The molecule has 1 saturated carbocycles. The maximum absolute atomic E-state index is 11.1. The van der Waals surface area contributed by atoms with Crippen molar-refractivity contribution in [3.8, 4) is 0 Å². The molecule has 0 amide bonds. The van der Waals surface area contributed by atoms with Crippen LogP contribution in [0.2, 0.25) is 0 Å². The zero-order chi connectivity index (χ0) is 7.78. The van der Waals surface area contributed by atoms with Crippen molar-refractivity contribution in [1.29, 1.82) is 0 Å². The minimum absolute atomic E-state index is 0.109. The van der Waals surface area contributed by atoms with Crippen LogP contribution in [0.3, 0.4) is 0 Å². The van der Waals surface area contributed by atoms with Crippen molar-refractivity contribution in [2.75, 3.05) is 12.3 Å². The van der Waals surface area contributed by atoms with Crippen LogP contribution in [0.5, 0.6) is 0 Å². The third-order valence-electron chi connectivity index (χ3n) is 2.02. The highest BCUT2D eigenvalue weighted by Gasteiger charge is 2.44. The maximum Gasteiger partial charge on any atom is 0.153 e. The van der Waals surface area contributed by atoms with E-state index in [9.17, 15) is 8.42 Å². The standard InChI is InChI=1S/C6H13NO2S/c1-2-10(8,9)6-3-5(6)4-7/h5-6H,2-4,7H2,1H3. The molecule has 0 aromatic heterocycles. The normalized spacial score (nSPS) is 32.2. The van der Waals surface area contributed by atoms with E-state index in [1.165, 1.54) is 0 Å². The average molecular weight is 163 g/mol. The Kier molecular flexibility index (Phi) is 2.01. The van der Waals surface area contributed by atoms with Gasteiger partial charge in [0.15, 0.2) is 9.84 Å². The number of nitrogens with two attached hydrogens (primary N) is 1. The summed E-state index contributed by atoms with van der Waals surface area (Å²) in [5.41, 5.74) is 5.31. The summed E-state index contributed by atoms with van der Waals surface area (Å²) in [6.45, 7) is 2.20. The van der Waals surface area contributed by atoms with Gasteiger partial charge in [0.05, 0.1) is 5.25 Å². The second kappa shape index (κ2) is 2.51. The van der Waals surface area contributed by atoms with Crippen molar-refractivity contribution < 1.29 is 8.42 Å². The van der Waals surface area contributed by atoms with Gasteiger partial charge in [0.2, 0.25) is 0 Å². The fraction of sp³-hybridized carbons (Fsp3) is 1.00. The van der Waals surface area contributed by atoms with Gasteiger partial charge in [-0.25, -0.2) is 8.42 Å². The molecule has 60 valence electrons. The van der Waals surface area contributed by atoms with E-state index in [0.717, 1.165) is 6.42 Å². The van der Waals surface area contributed by atoms with E-state index in [-0.39, 0.29) is 16.9 Å². The van der Waals surface area contributed by atoms with Gasteiger partial charge in [-0.05, 0) is 18.9 Å². The first-order valence-corrected chi connectivity index (χ1v) is 5.25. The number of hydrogen-bond donors (Lipinski definition) is 1. The Morgan fingerprint density at radius 3 is 2.50 bits per heavy atom. The smallest absolute Gasteiger partial charge is 0.153 e. The van der Waals surface area contributed by atoms with E-state index >= 15 is 0 Å². The van der Waals surface area contributed by atoms with Gasteiger partial charge >= 0.3 is 0 Å². The van der Waals surface area contributed by atoms with Crippen molar-refractivity contribution in [2.24, 2.45) is 11.7 Å². The Labute approximate surface area is 61.5 Å². The zero-order valence-corrected chi connectivity index (χ0v) is 6.89. The Bertz CT molecular complexity index is 210. The molecule has 0 aromatic carbocycles. The van der Waals surface area contributed by atoms with Crippen molar-refractivity contribution in [3.63, 3.8) is 0 Å². The summed E-state index contributed by atoms with van der Waals surface area (Å²) in [7, 11) is -2.77. The largest absolute Gasteiger partial charge is 0.330 e. The molecule has 0 bridgehead atoms. The molecule has 3 nitrogen and oxygen atoms in total. The molecule has 2 N–H and O–H groups in total. The molecule has 0 radical (unpaired) electrons. The van der Waals surface area contributed by atoms with Gasteiger partial charge in [0.1, 0.15) is 0 Å². The molecule has 1 aliphatic carbocycles. The lowest BCUT2D eigenvalue weighted by molar-refractivity contribution is 0.593. The van der Waals surface area contributed by atoms with Crippen molar-refractivity contribution in [1.82, 2.24) is 0 Å². The highest BCUT2D eigenvalue weighted by Crippen LogP contribution is 2.36. The molecule has 4 heteroatoms. The molecule has 2 atom stereocenters. The van der Waals surface area contributed by atoms with Gasteiger partial charge in [-0.15, -0.1) is 0 Å². The number of hydrogen-bond acceptors (Lipinski definition) is 3. The van der Waals surface area contributed by atoms with Gasteiger partial charge in [-0.3, -0.25) is 0 Å². The van der Waals surface area contributed by atoms with Crippen molar-refractivity contribution in [2.45, 2.75) is 18.6 Å². The van der Waals surface area contributed by atoms with Crippen LogP contribution < -0.4 is 5.73 Å². The predicted octanol–water partition coefficient (Wildman–Crippen LogP) is -0.232. The molecular formula is C6H13NO2S. The van der Waals surface area contributed by atoms with Crippen LogP contribution in [-0.4, -0.2) is 26.0 Å².